The van der Waals surface area contributed by atoms with Gasteiger partial charge in [0.25, 0.3) is 0 Å². The molecule has 4 saturated carbocycles. The summed E-state index contributed by atoms with van der Waals surface area (Å²) >= 11 is 0. The molecule has 7 aliphatic rings. The molecule has 1 aliphatic heterocycles. The first-order valence-corrected chi connectivity index (χ1v) is 20.0. The van der Waals surface area contributed by atoms with Crippen LogP contribution < -0.4 is 0 Å². The molecule has 7 rings (SSSR count). The number of allylic oxidation sites excluding steroid dienone is 8. The van der Waals surface area contributed by atoms with Gasteiger partial charge in [-0.1, -0.05) is 112 Å². The van der Waals surface area contributed by atoms with Crippen molar-refractivity contribution in [3.63, 3.8) is 0 Å². The third-order valence-corrected chi connectivity index (χ3v) is 21.8. The van der Waals surface area contributed by atoms with Crippen LogP contribution in [0.5, 0.6) is 0 Å². The second kappa shape index (κ2) is 8.63. The monoisotopic (exact) mass is 556 g/mol. The molecule has 1 heteroatoms. The van der Waals surface area contributed by atoms with Gasteiger partial charge < -0.3 is 0 Å². The summed E-state index contributed by atoms with van der Waals surface area (Å²) in [5.74, 6) is 5.07. The van der Waals surface area contributed by atoms with E-state index in [2.05, 4.69) is 93.5 Å². The zero-order valence-electron chi connectivity index (χ0n) is 27.8. The highest BCUT2D eigenvalue weighted by Crippen LogP contribution is 2.70. The van der Waals surface area contributed by atoms with Crippen molar-refractivity contribution in [2.24, 2.45) is 57.2 Å². The third kappa shape index (κ3) is 3.80. The summed E-state index contributed by atoms with van der Waals surface area (Å²) < 4.78 is 0. The van der Waals surface area contributed by atoms with Gasteiger partial charge in [-0.05, 0) is 129 Å². The van der Waals surface area contributed by atoms with Crippen LogP contribution >= 0.6 is 0 Å². The average molecular weight is 557 g/mol. The van der Waals surface area contributed by atoms with Crippen LogP contribution in [0.1, 0.15) is 114 Å². The highest BCUT2D eigenvalue weighted by atomic mass is 28.3. The zero-order valence-corrected chi connectivity index (χ0v) is 28.8. The average Bonchev–Trinajstić information content (AvgIpc) is 3.34. The summed E-state index contributed by atoms with van der Waals surface area (Å²) in [6, 6.07) is 3.26. The standard InChI is InChI=1S/C39H60Si/c1-24-18-26-20-30-32(38(7,8)14-12-36(30,3)4)22-28(26)34(24)40(16-11-17-40)35-25(2)19-27-21-31-33(23-29(27)35)39(9,10)15-13-37(31,5)6/h20-29,34-35H,11-19H2,1-10H3. The van der Waals surface area contributed by atoms with Gasteiger partial charge in [-0.2, -0.15) is 0 Å². The number of hydrogen-bond acceptors (Lipinski definition) is 0. The number of rotatable bonds is 2. The van der Waals surface area contributed by atoms with Gasteiger partial charge in [-0.15, -0.1) is 0 Å². The molecule has 220 valence electrons. The summed E-state index contributed by atoms with van der Waals surface area (Å²) in [6.45, 7) is 25.8. The van der Waals surface area contributed by atoms with E-state index >= 15 is 0 Å². The van der Waals surface area contributed by atoms with Crippen molar-refractivity contribution in [2.75, 3.05) is 0 Å². The van der Waals surface area contributed by atoms with E-state index in [0.717, 1.165) is 46.6 Å². The zero-order chi connectivity index (χ0) is 28.6. The van der Waals surface area contributed by atoms with E-state index in [9.17, 15) is 0 Å². The topological polar surface area (TPSA) is 0 Å². The van der Waals surface area contributed by atoms with E-state index in [1.54, 1.807) is 34.4 Å². The lowest BCUT2D eigenvalue weighted by Crippen LogP contribution is -2.55. The SMILES string of the molecule is CC1CC2C=C3C(=CC2C1[Si]1(C2C(C)CC4C=C5C(=CC42)C(C)(C)CCC5(C)C)CCC1)C(C)(C)CCC3(C)C. The van der Waals surface area contributed by atoms with Gasteiger partial charge in [0.15, 0.2) is 0 Å². The Morgan fingerprint density at radius 3 is 1.15 bits per heavy atom. The van der Waals surface area contributed by atoms with Crippen LogP contribution in [0.15, 0.2) is 46.6 Å². The Morgan fingerprint density at radius 1 is 0.525 bits per heavy atom. The Balaban J connectivity index is 1.29. The van der Waals surface area contributed by atoms with Crippen molar-refractivity contribution < 1.29 is 0 Å². The number of fused-ring (bicyclic) bond motifs is 4. The van der Waals surface area contributed by atoms with E-state index in [0.29, 0.717) is 21.7 Å². The van der Waals surface area contributed by atoms with E-state index in [-0.39, 0.29) is 0 Å². The van der Waals surface area contributed by atoms with Gasteiger partial charge in [-0.3, -0.25) is 0 Å². The highest BCUT2D eigenvalue weighted by molar-refractivity contribution is 6.85. The fourth-order valence-electron chi connectivity index (χ4n) is 12.3. The van der Waals surface area contributed by atoms with Crippen LogP contribution in [0.2, 0.25) is 23.2 Å². The molecule has 0 nitrogen and oxygen atoms in total. The third-order valence-electron chi connectivity index (χ3n) is 14.7. The second-order valence-electron chi connectivity index (χ2n) is 18.9. The van der Waals surface area contributed by atoms with Crippen LogP contribution in [0.4, 0.5) is 0 Å². The van der Waals surface area contributed by atoms with Gasteiger partial charge in [0.1, 0.15) is 0 Å². The van der Waals surface area contributed by atoms with Crippen molar-refractivity contribution in [3.8, 4) is 0 Å². The predicted molar refractivity (Wildman–Crippen MR) is 175 cm³/mol. The molecule has 8 unspecified atom stereocenters. The maximum absolute atomic E-state index is 2.95. The molecule has 0 aromatic carbocycles. The molecule has 0 radical (unpaired) electrons. The molecule has 40 heavy (non-hydrogen) atoms. The molecule has 1 saturated heterocycles. The van der Waals surface area contributed by atoms with E-state index in [1.807, 2.05) is 0 Å². The van der Waals surface area contributed by atoms with Gasteiger partial charge in [0.05, 0.1) is 8.07 Å². The minimum atomic E-state index is -1.44. The van der Waals surface area contributed by atoms with Crippen molar-refractivity contribution in [2.45, 2.75) is 137 Å². The molecular formula is C39H60Si. The molecular weight excluding hydrogens is 497 g/mol. The molecule has 6 aliphatic carbocycles. The molecule has 0 spiro atoms. The van der Waals surface area contributed by atoms with E-state index in [1.165, 1.54) is 44.9 Å². The highest BCUT2D eigenvalue weighted by Gasteiger charge is 2.64. The maximum Gasteiger partial charge on any atom is 0.0615 e. The lowest BCUT2D eigenvalue weighted by atomic mass is 9.58. The first kappa shape index (κ1) is 28.0. The van der Waals surface area contributed by atoms with E-state index in [4.69, 9.17) is 0 Å². The molecule has 0 bridgehead atoms. The van der Waals surface area contributed by atoms with Crippen molar-refractivity contribution in [1.29, 1.82) is 0 Å². The Bertz CT molecular complexity index is 1120. The molecule has 8 atom stereocenters. The first-order valence-electron chi connectivity index (χ1n) is 17.5. The quantitative estimate of drug-likeness (QED) is 0.297. The van der Waals surface area contributed by atoms with Crippen molar-refractivity contribution >= 4 is 8.07 Å². The van der Waals surface area contributed by atoms with Crippen molar-refractivity contribution in [1.82, 2.24) is 0 Å². The molecule has 0 aromatic rings. The minimum Gasteiger partial charge on any atom is -0.0768 e. The minimum absolute atomic E-state index is 0.344. The lowest BCUT2D eigenvalue weighted by Gasteiger charge is -2.57. The lowest BCUT2D eigenvalue weighted by molar-refractivity contribution is 0.249. The molecule has 0 amide bonds. The Morgan fingerprint density at radius 2 is 0.850 bits per heavy atom. The van der Waals surface area contributed by atoms with Crippen LogP contribution in [-0.2, 0) is 0 Å². The summed E-state index contributed by atoms with van der Waals surface area (Å²) in [6.07, 6.45) is 21.4. The first-order chi connectivity index (χ1) is 18.6. The summed E-state index contributed by atoms with van der Waals surface area (Å²) in [7, 11) is -1.44. The van der Waals surface area contributed by atoms with Crippen LogP contribution in [0.25, 0.3) is 0 Å². The molecule has 0 N–H and O–H groups in total. The molecule has 1 heterocycles. The Kier molecular flexibility index (Phi) is 6.04. The number of hydrogen-bond donors (Lipinski definition) is 0. The Labute approximate surface area is 248 Å². The summed E-state index contributed by atoms with van der Waals surface area (Å²) in [5.41, 5.74) is 10.4. The van der Waals surface area contributed by atoms with Gasteiger partial charge >= 0.3 is 0 Å². The maximum atomic E-state index is 2.95. The predicted octanol–water partition coefficient (Wildman–Crippen LogP) is 11.5. The van der Waals surface area contributed by atoms with Crippen LogP contribution in [0, 0.1) is 57.2 Å². The van der Waals surface area contributed by atoms with Gasteiger partial charge in [-0.25, -0.2) is 0 Å². The van der Waals surface area contributed by atoms with Gasteiger partial charge in [0.2, 0.25) is 0 Å². The van der Waals surface area contributed by atoms with E-state index < -0.39 is 8.07 Å². The van der Waals surface area contributed by atoms with Gasteiger partial charge in [0, 0.05) is 0 Å². The normalized spacial score (nSPS) is 45.0. The molecule has 0 aromatic heterocycles. The second-order valence-corrected chi connectivity index (χ2v) is 23.7. The smallest absolute Gasteiger partial charge is 0.0615 e. The van der Waals surface area contributed by atoms with Crippen LogP contribution in [-0.4, -0.2) is 8.07 Å². The summed E-state index contributed by atoms with van der Waals surface area (Å²) in [4.78, 5) is 0. The fraction of sp³-hybridized carbons (Fsp3) is 0.795. The molecule has 5 fully saturated rings. The Hall–Kier alpha value is -0.823. The van der Waals surface area contributed by atoms with Crippen molar-refractivity contribution in [3.05, 3.63) is 46.6 Å². The summed E-state index contributed by atoms with van der Waals surface area (Å²) in [5, 5.41) is 0. The fourth-order valence-corrected chi connectivity index (χ4v) is 20.0. The largest absolute Gasteiger partial charge is 0.0768 e. The van der Waals surface area contributed by atoms with Crippen LogP contribution in [0.3, 0.4) is 0 Å².